The molecule has 10 rings (SSSR count). The third kappa shape index (κ3) is 27.8. The van der Waals surface area contributed by atoms with Crippen LogP contribution in [0.2, 0.25) is 0 Å². The highest BCUT2D eigenvalue weighted by atomic mass is 32.2. The van der Waals surface area contributed by atoms with Gasteiger partial charge in [-0.15, -0.1) is 11.8 Å². The summed E-state index contributed by atoms with van der Waals surface area (Å²) >= 11 is 1.85. The molecule has 3 aliphatic carbocycles. The average Bonchev–Trinajstić information content (AvgIpc) is 4.11. The molecule has 7 aliphatic heterocycles. The number of thioether (sulfide) groups is 1. The monoisotopic (exact) mass is 1020 g/mol. The molecule has 1 fully saturated rings. The van der Waals surface area contributed by atoms with Gasteiger partial charge in [0.15, 0.2) is 23.7 Å². The third-order valence-corrected chi connectivity index (χ3v) is 11.9. The molecular formula is C47H72F9N7O5S. The van der Waals surface area contributed by atoms with Crippen LogP contribution < -0.4 is 0 Å². The van der Waals surface area contributed by atoms with Crippen LogP contribution in [0.4, 0.5) is 39.5 Å². The molecule has 394 valence electrons. The maximum atomic E-state index is 11.7. The molecule has 0 aromatic heterocycles. The van der Waals surface area contributed by atoms with E-state index >= 15 is 0 Å². The number of ether oxygens (including phenoxy) is 3. The van der Waals surface area contributed by atoms with Crippen LogP contribution in [0.3, 0.4) is 0 Å². The van der Waals surface area contributed by atoms with Crippen molar-refractivity contribution >= 4 is 51.6 Å². The van der Waals surface area contributed by atoms with E-state index in [1.165, 1.54) is 88.6 Å². The largest absolute Gasteiger partial charge is 0.479 e. The summed E-state index contributed by atoms with van der Waals surface area (Å²) in [5.74, 6) is 5.17. The van der Waals surface area contributed by atoms with Gasteiger partial charge in [0, 0.05) is 58.2 Å². The van der Waals surface area contributed by atoms with Crippen LogP contribution in [0.5, 0.6) is 0 Å². The minimum absolute atomic E-state index is 0.113. The summed E-state index contributed by atoms with van der Waals surface area (Å²) in [6, 6.07) is -1.65. The standard InChI is InChI=1S/C8H12.C7H12.3C5H6F3NO.C5H9N.2C4H7NO.C4H7NS/c1-6-4-7-2-3-8(6)5-7;1-7-5-3-2-4-6-7;1-3-9-4(2-10-3)5(6,7)8;1-3-9-2-4(10-3)5(6,7)8;1-3-2-4(10-9-3)5(6,7)8;1-5-3-2-4-6-5;1-4-5-2-3-6-4;1-4-2-3-6-5-4;1-4-5-2-3-6-4/h2-3,6-8H,4-5H2,1H3;5H,2-4,6H2,1H3;3*4H,2H2,1H3;2-4H2,1H3;3*2-3H2,1H3. The third-order valence-electron chi connectivity index (χ3n) is 11.0. The first-order valence-electron chi connectivity index (χ1n) is 23.3. The topological polar surface area (TPSA) is 133 Å². The molecule has 7 heterocycles. The number of aliphatic imine (C=N–C) groups is 5. The zero-order valence-electron chi connectivity index (χ0n) is 41.4. The lowest BCUT2D eigenvalue weighted by Crippen LogP contribution is -2.31. The number of nitrogens with zero attached hydrogens (tertiary/aromatic N) is 7. The minimum atomic E-state index is -4.28. The van der Waals surface area contributed by atoms with Gasteiger partial charge in [-0.3, -0.25) is 20.0 Å². The van der Waals surface area contributed by atoms with E-state index in [0.717, 1.165) is 68.6 Å². The molecule has 12 nitrogen and oxygen atoms in total. The van der Waals surface area contributed by atoms with E-state index < -0.39 is 36.8 Å². The van der Waals surface area contributed by atoms with E-state index in [2.05, 4.69) is 100 Å². The Balaban J connectivity index is 0.000000268. The molecule has 69 heavy (non-hydrogen) atoms. The van der Waals surface area contributed by atoms with Crippen molar-refractivity contribution in [2.45, 2.75) is 163 Å². The molecular weight excluding hydrogens is 946 g/mol. The summed E-state index contributed by atoms with van der Waals surface area (Å²) in [6.07, 6.45) is 2.73. The molecule has 2 bridgehead atoms. The Labute approximate surface area is 405 Å². The van der Waals surface area contributed by atoms with Crippen LogP contribution in [-0.2, 0) is 23.9 Å². The Morgan fingerprint density at radius 1 is 0.623 bits per heavy atom. The molecule has 0 spiro atoms. The minimum Gasteiger partial charge on any atom is -0.479 e. The van der Waals surface area contributed by atoms with Gasteiger partial charge in [0.25, 0.3) is 0 Å². The van der Waals surface area contributed by atoms with Gasteiger partial charge in [0.05, 0.1) is 29.6 Å². The Bertz CT molecular complexity index is 1700. The van der Waals surface area contributed by atoms with Crippen molar-refractivity contribution in [3.8, 4) is 0 Å². The van der Waals surface area contributed by atoms with E-state index in [1.807, 2.05) is 25.6 Å². The van der Waals surface area contributed by atoms with Gasteiger partial charge < -0.3 is 23.9 Å². The summed E-state index contributed by atoms with van der Waals surface area (Å²) in [5.41, 5.74) is 4.42. The Kier molecular flexibility index (Phi) is 27.7. The zero-order valence-corrected chi connectivity index (χ0v) is 42.2. The maximum absolute atomic E-state index is 11.7. The molecule has 0 aromatic carbocycles. The second-order valence-electron chi connectivity index (χ2n) is 17.4. The number of hydrogen-bond acceptors (Lipinski definition) is 13. The van der Waals surface area contributed by atoms with Gasteiger partial charge in [0.1, 0.15) is 19.8 Å². The van der Waals surface area contributed by atoms with Gasteiger partial charge in [0.2, 0.25) is 12.2 Å². The summed E-state index contributed by atoms with van der Waals surface area (Å²) < 4.78 is 119. The van der Waals surface area contributed by atoms with Crippen LogP contribution in [0.25, 0.3) is 0 Å². The van der Waals surface area contributed by atoms with E-state index in [1.54, 1.807) is 5.57 Å². The summed E-state index contributed by atoms with van der Waals surface area (Å²) in [5, 5.41) is 8.08. The normalized spacial score (nSPS) is 26.5. The smallest absolute Gasteiger partial charge is 0.428 e. The van der Waals surface area contributed by atoms with Crippen LogP contribution >= 0.6 is 11.8 Å². The van der Waals surface area contributed by atoms with Crippen molar-refractivity contribution < 1.29 is 63.4 Å². The van der Waals surface area contributed by atoms with Crippen molar-refractivity contribution in [3.63, 3.8) is 0 Å². The number of alkyl halides is 9. The van der Waals surface area contributed by atoms with Crippen LogP contribution in [-0.4, -0.2) is 128 Å². The SMILES string of the molecule is CC1=CCCCC1.CC1=NC(C(F)(F)F)CO1.CC1=NCC(C(F)(F)F)O1.CC1=NCCC1.CC1=NCCO1.CC1=NCCS1.CC1=NOC(C(F)(F)F)C1.CC1=NOCC1.CC1CC2C=CC1C2. The van der Waals surface area contributed by atoms with Gasteiger partial charge in [-0.1, -0.05) is 41.0 Å². The van der Waals surface area contributed by atoms with Crippen molar-refractivity contribution in [1.82, 2.24) is 0 Å². The quantitative estimate of drug-likeness (QED) is 0.175. The number of fused-ring (bicyclic) bond motifs is 2. The van der Waals surface area contributed by atoms with Crippen LogP contribution in [0.15, 0.2) is 59.1 Å². The summed E-state index contributed by atoms with van der Waals surface area (Å²) in [7, 11) is 0. The molecule has 0 N–H and O–H groups in total. The number of rotatable bonds is 0. The molecule has 6 unspecified atom stereocenters. The first kappa shape index (κ1) is 61.0. The maximum Gasteiger partial charge on any atom is 0.428 e. The molecule has 0 aromatic rings. The molecule has 0 amide bonds. The van der Waals surface area contributed by atoms with Crippen LogP contribution in [0, 0.1) is 17.8 Å². The lowest BCUT2D eigenvalue weighted by Gasteiger charge is -2.12. The first-order chi connectivity index (χ1) is 32.3. The number of hydrogen-bond donors (Lipinski definition) is 0. The predicted molar refractivity (Wildman–Crippen MR) is 258 cm³/mol. The second-order valence-corrected chi connectivity index (χ2v) is 18.7. The highest BCUT2D eigenvalue weighted by molar-refractivity contribution is 8.14. The fraction of sp³-hybridized carbons (Fsp3) is 0.766. The molecule has 1 saturated carbocycles. The van der Waals surface area contributed by atoms with Gasteiger partial charge in [-0.05, 0) is 104 Å². The number of allylic oxidation sites excluding steroid dienone is 4. The van der Waals surface area contributed by atoms with E-state index in [-0.39, 0.29) is 31.4 Å². The fourth-order valence-electron chi connectivity index (χ4n) is 7.01. The van der Waals surface area contributed by atoms with E-state index in [9.17, 15) is 39.5 Å². The Hall–Kier alpha value is -4.11. The highest BCUT2D eigenvalue weighted by Crippen LogP contribution is 2.42. The van der Waals surface area contributed by atoms with Crippen molar-refractivity contribution in [2.24, 2.45) is 53.0 Å². The molecule has 22 heteroatoms. The second kappa shape index (κ2) is 31.3. The highest BCUT2D eigenvalue weighted by Gasteiger charge is 2.45. The van der Waals surface area contributed by atoms with E-state index in [4.69, 9.17) is 4.74 Å². The van der Waals surface area contributed by atoms with Gasteiger partial charge in [-0.2, -0.15) is 39.5 Å². The average molecular weight is 1020 g/mol. The Morgan fingerprint density at radius 3 is 1.55 bits per heavy atom. The Morgan fingerprint density at radius 2 is 1.35 bits per heavy atom. The predicted octanol–water partition coefficient (Wildman–Crippen LogP) is 12.8. The van der Waals surface area contributed by atoms with Gasteiger partial charge >= 0.3 is 18.5 Å². The fourth-order valence-corrected chi connectivity index (χ4v) is 7.67. The lowest BCUT2D eigenvalue weighted by atomic mass is 9.96. The van der Waals surface area contributed by atoms with Crippen LogP contribution in [0.1, 0.15) is 127 Å². The molecule has 0 saturated heterocycles. The summed E-state index contributed by atoms with van der Waals surface area (Å²) in [4.78, 5) is 27.6. The lowest BCUT2D eigenvalue weighted by molar-refractivity contribution is -0.212. The van der Waals surface area contributed by atoms with Crippen molar-refractivity contribution in [2.75, 3.05) is 51.8 Å². The number of oxime groups is 2. The number of halogens is 9. The summed E-state index contributed by atoms with van der Waals surface area (Å²) in [6.45, 7) is 20.8. The molecule has 0 radical (unpaired) electrons. The first-order valence-corrected chi connectivity index (χ1v) is 24.3. The van der Waals surface area contributed by atoms with E-state index in [0.29, 0.717) is 5.71 Å². The molecule has 10 aliphatic rings. The molecule has 6 atom stereocenters. The van der Waals surface area contributed by atoms with Gasteiger partial charge in [-0.25, -0.2) is 4.99 Å². The zero-order chi connectivity index (χ0) is 51.6. The van der Waals surface area contributed by atoms with Crippen molar-refractivity contribution in [1.29, 1.82) is 0 Å². The van der Waals surface area contributed by atoms with Crippen molar-refractivity contribution in [3.05, 3.63) is 23.8 Å².